The molecule has 0 aromatic carbocycles. The quantitative estimate of drug-likeness (QED) is 0.0580. The third kappa shape index (κ3) is 30.5. The summed E-state index contributed by atoms with van der Waals surface area (Å²) in [5.74, 6) is -0.881. The van der Waals surface area contributed by atoms with E-state index in [0.717, 1.165) is 25.9 Å². The Balaban J connectivity index is 0. The third-order valence-electron chi connectivity index (χ3n) is 8.70. The number of hydrogen-bond acceptors (Lipinski definition) is 3. The normalized spacial score (nSPS) is 12.1. The van der Waals surface area contributed by atoms with Crippen molar-refractivity contribution in [1.29, 1.82) is 0 Å². The summed E-state index contributed by atoms with van der Waals surface area (Å²) in [6, 6.07) is -0.408. The van der Waals surface area contributed by atoms with E-state index in [9.17, 15) is 9.90 Å². The van der Waals surface area contributed by atoms with E-state index in [-0.39, 0.29) is 51.4 Å². The molecule has 1 unspecified atom stereocenters. The van der Waals surface area contributed by atoms with Crippen molar-refractivity contribution >= 4 is 5.97 Å². The molecule has 0 rings (SSSR count). The van der Waals surface area contributed by atoms with Crippen molar-refractivity contribution in [1.82, 2.24) is 4.90 Å². The maximum Gasteiger partial charge on any atom is 1.00 e. The van der Waals surface area contributed by atoms with Gasteiger partial charge in [0.05, 0.1) is 5.97 Å². The zero-order valence-electron chi connectivity index (χ0n) is 28.3. The first-order valence-corrected chi connectivity index (χ1v) is 18.1. The first kappa shape index (κ1) is 43.2. The minimum Gasteiger partial charge on any atom is -0.548 e. The zero-order valence-corrected chi connectivity index (χ0v) is 31.4. The molecule has 0 aliphatic rings. The molecule has 0 aromatic rings. The Bertz CT molecular complexity index is 455. The Morgan fingerprint density at radius 1 is 0.450 bits per heavy atom. The van der Waals surface area contributed by atoms with Gasteiger partial charge in [-0.3, -0.25) is 4.90 Å². The van der Waals surface area contributed by atoms with Gasteiger partial charge in [-0.05, 0) is 32.4 Å². The molecule has 0 fully saturated rings. The molecule has 3 nitrogen and oxygen atoms in total. The van der Waals surface area contributed by atoms with E-state index in [1.54, 1.807) is 0 Å². The number of carbonyl (C=O) groups is 1. The van der Waals surface area contributed by atoms with Crippen LogP contribution in [0.25, 0.3) is 0 Å². The maximum atomic E-state index is 11.7. The van der Waals surface area contributed by atoms with Crippen molar-refractivity contribution < 1.29 is 61.3 Å². The molecule has 40 heavy (non-hydrogen) atoms. The van der Waals surface area contributed by atoms with Crippen molar-refractivity contribution in [3.63, 3.8) is 0 Å². The molecule has 4 heteroatoms. The van der Waals surface area contributed by atoms with Gasteiger partial charge in [0.15, 0.2) is 0 Å². The number of unbranched alkanes of at least 4 members (excludes halogenated alkanes) is 26. The second-order valence-electron chi connectivity index (χ2n) is 12.5. The van der Waals surface area contributed by atoms with Gasteiger partial charge in [0.2, 0.25) is 0 Å². The molecule has 0 aliphatic heterocycles. The van der Waals surface area contributed by atoms with E-state index >= 15 is 0 Å². The molecule has 0 heterocycles. The summed E-state index contributed by atoms with van der Waals surface area (Å²) in [6.45, 7) is 8.40. The van der Waals surface area contributed by atoms with Gasteiger partial charge in [-0.15, -0.1) is 0 Å². The largest absolute Gasteiger partial charge is 1.00 e. The SMILES string of the molecule is CCCCCCCCCCCCCCCCN(CCCCCCCCCCCCCCCC)C(CC)C(=O)[O-].[K+]. The summed E-state index contributed by atoms with van der Waals surface area (Å²) in [6.07, 6.45) is 38.7. The van der Waals surface area contributed by atoms with E-state index in [4.69, 9.17) is 0 Å². The molecule has 0 saturated heterocycles. The Kier molecular flexibility index (Phi) is 39.2. The summed E-state index contributed by atoms with van der Waals surface area (Å²) in [5, 5.41) is 11.7. The van der Waals surface area contributed by atoms with Gasteiger partial charge in [-0.1, -0.05) is 188 Å². The molecular weight excluding hydrogens is 517 g/mol. The number of rotatable bonds is 33. The van der Waals surface area contributed by atoms with Gasteiger partial charge in [0.1, 0.15) is 0 Å². The number of carbonyl (C=O) groups excluding carboxylic acids is 1. The number of carboxylic acid groups (broad SMARTS) is 1. The first-order chi connectivity index (χ1) is 19.2. The standard InChI is InChI=1S/C36H73NO2.K/c1-4-7-9-11-13-15-17-19-21-23-25-27-29-31-33-37(35(6-3)36(38)39)34-32-30-28-26-24-22-20-18-16-14-12-10-8-5-2;/h35H,4-34H2,1-3H3,(H,38,39);/q;+1/p-1. The van der Waals surface area contributed by atoms with Crippen molar-refractivity contribution in [2.45, 2.75) is 213 Å². The molecule has 1 atom stereocenters. The second kappa shape index (κ2) is 36.3. The molecule has 0 N–H and O–H groups in total. The van der Waals surface area contributed by atoms with Crippen molar-refractivity contribution in [3.8, 4) is 0 Å². The fourth-order valence-corrected chi connectivity index (χ4v) is 6.02. The maximum absolute atomic E-state index is 11.7. The van der Waals surface area contributed by atoms with Crippen LogP contribution in [0, 0.1) is 0 Å². The summed E-state index contributed by atoms with van der Waals surface area (Å²) >= 11 is 0. The number of nitrogens with zero attached hydrogens (tertiary/aromatic N) is 1. The molecule has 234 valence electrons. The number of carboxylic acids is 1. The molecule has 0 saturated carbocycles. The van der Waals surface area contributed by atoms with E-state index < -0.39 is 12.0 Å². The van der Waals surface area contributed by atoms with Gasteiger partial charge < -0.3 is 9.90 Å². The first-order valence-electron chi connectivity index (χ1n) is 18.1. The number of aliphatic carboxylic acids is 1. The van der Waals surface area contributed by atoms with Crippen LogP contribution < -0.4 is 56.5 Å². The van der Waals surface area contributed by atoms with Gasteiger partial charge in [-0.25, -0.2) is 0 Å². The molecular formula is C36H72KNO2. The molecule has 0 spiro atoms. The van der Waals surface area contributed by atoms with Crippen LogP contribution in [0.1, 0.15) is 207 Å². The third-order valence-corrected chi connectivity index (χ3v) is 8.70. The molecule has 0 aliphatic carbocycles. The minimum absolute atomic E-state index is 0. The Labute approximate surface area is 295 Å². The fourth-order valence-electron chi connectivity index (χ4n) is 6.02. The minimum atomic E-state index is -0.881. The topological polar surface area (TPSA) is 43.4 Å². The summed E-state index contributed by atoms with van der Waals surface area (Å²) in [7, 11) is 0. The van der Waals surface area contributed by atoms with Crippen LogP contribution in [-0.4, -0.2) is 30.0 Å². The van der Waals surface area contributed by atoms with Gasteiger partial charge in [0.25, 0.3) is 0 Å². The van der Waals surface area contributed by atoms with E-state index in [0.29, 0.717) is 6.42 Å². The average Bonchev–Trinajstić information content (AvgIpc) is 2.93. The van der Waals surface area contributed by atoms with Gasteiger partial charge >= 0.3 is 51.4 Å². The van der Waals surface area contributed by atoms with Crippen LogP contribution >= 0.6 is 0 Å². The summed E-state index contributed by atoms with van der Waals surface area (Å²) in [4.78, 5) is 13.9. The smallest absolute Gasteiger partial charge is 0.548 e. The van der Waals surface area contributed by atoms with Gasteiger partial charge in [-0.2, -0.15) is 0 Å². The Morgan fingerprint density at radius 2 is 0.675 bits per heavy atom. The molecule has 0 radical (unpaired) electrons. The fraction of sp³-hybridized carbons (Fsp3) is 0.972. The van der Waals surface area contributed by atoms with E-state index in [1.807, 2.05) is 6.92 Å². The summed E-state index contributed by atoms with van der Waals surface area (Å²) in [5.41, 5.74) is 0. The van der Waals surface area contributed by atoms with Crippen LogP contribution in [0.3, 0.4) is 0 Å². The predicted molar refractivity (Wildman–Crippen MR) is 171 cm³/mol. The summed E-state index contributed by atoms with van der Waals surface area (Å²) < 4.78 is 0. The van der Waals surface area contributed by atoms with Crippen LogP contribution in [-0.2, 0) is 4.79 Å². The second-order valence-corrected chi connectivity index (χ2v) is 12.5. The van der Waals surface area contributed by atoms with Crippen molar-refractivity contribution in [3.05, 3.63) is 0 Å². The number of hydrogen-bond donors (Lipinski definition) is 0. The van der Waals surface area contributed by atoms with E-state index in [2.05, 4.69) is 18.7 Å². The monoisotopic (exact) mass is 590 g/mol. The molecule has 0 amide bonds. The molecule has 0 aromatic heterocycles. The Hall–Kier alpha value is 1.07. The zero-order chi connectivity index (χ0) is 28.7. The molecule has 0 bridgehead atoms. The van der Waals surface area contributed by atoms with E-state index in [1.165, 1.54) is 167 Å². The van der Waals surface area contributed by atoms with Crippen molar-refractivity contribution in [2.24, 2.45) is 0 Å². The van der Waals surface area contributed by atoms with Crippen LogP contribution in [0.5, 0.6) is 0 Å². The Morgan fingerprint density at radius 3 is 0.875 bits per heavy atom. The van der Waals surface area contributed by atoms with Crippen LogP contribution in [0.2, 0.25) is 0 Å². The van der Waals surface area contributed by atoms with Crippen LogP contribution in [0.15, 0.2) is 0 Å². The van der Waals surface area contributed by atoms with Crippen LogP contribution in [0.4, 0.5) is 0 Å². The van der Waals surface area contributed by atoms with Crippen molar-refractivity contribution in [2.75, 3.05) is 13.1 Å². The predicted octanol–water partition coefficient (Wildman–Crippen LogP) is 7.78. The average molecular weight is 590 g/mol. The van der Waals surface area contributed by atoms with Gasteiger partial charge in [0, 0.05) is 6.04 Å².